The van der Waals surface area contributed by atoms with Crippen LogP contribution in [0.4, 0.5) is 0 Å². The second kappa shape index (κ2) is 4.61. The fourth-order valence-corrected chi connectivity index (χ4v) is 3.65. The molecular weight excluding hydrogens is 232 g/mol. The van der Waals surface area contributed by atoms with Crippen molar-refractivity contribution < 1.29 is 0 Å². The largest absolute Gasteiger partial charge is 0.324 e. The standard InChI is InChI=1S/C17H22N2/c1-17(2)10-4-8-14(17)16(18)13-6-3-9-15-12(13)7-5-11-19-15/h3,5-7,9,11,14,16H,4,8,10,18H2,1-2H3. The lowest BCUT2D eigenvalue weighted by atomic mass is 9.75. The monoisotopic (exact) mass is 254 g/mol. The lowest BCUT2D eigenvalue weighted by Crippen LogP contribution is -2.29. The van der Waals surface area contributed by atoms with Crippen LogP contribution in [0.1, 0.15) is 44.7 Å². The van der Waals surface area contributed by atoms with Crippen LogP contribution in [0.2, 0.25) is 0 Å². The summed E-state index contributed by atoms with van der Waals surface area (Å²) in [5.74, 6) is 0.568. The van der Waals surface area contributed by atoms with Crippen molar-refractivity contribution in [3.05, 3.63) is 42.1 Å². The molecule has 1 heterocycles. The van der Waals surface area contributed by atoms with Crippen LogP contribution < -0.4 is 5.73 Å². The van der Waals surface area contributed by atoms with E-state index >= 15 is 0 Å². The quantitative estimate of drug-likeness (QED) is 0.877. The van der Waals surface area contributed by atoms with E-state index in [1.54, 1.807) is 0 Å². The van der Waals surface area contributed by atoms with Crippen LogP contribution in [0.15, 0.2) is 36.5 Å². The number of benzene rings is 1. The molecule has 0 aliphatic heterocycles. The summed E-state index contributed by atoms with van der Waals surface area (Å²) < 4.78 is 0. The van der Waals surface area contributed by atoms with Crippen molar-refractivity contribution in [2.45, 2.75) is 39.2 Å². The molecular formula is C17H22N2. The molecule has 1 aromatic heterocycles. The average molecular weight is 254 g/mol. The first-order chi connectivity index (χ1) is 9.09. The van der Waals surface area contributed by atoms with Crippen molar-refractivity contribution in [1.82, 2.24) is 4.98 Å². The van der Waals surface area contributed by atoms with Gasteiger partial charge in [0.05, 0.1) is 5.52 Å². The number of hydrogen-bond donors (Lipinski definition) is 1. The van der Waals surface area contributed by atoms with E-state index < -0.39 is 0 Å². The second-order valence-electron chi connectivity index (χ2n) is 6.43. The summed E-state index contributed by atoms with van der Waals surface area (Å²) in [4.78, 5) is 4.43. The normalized spacial score (nSPS) is 23.6. The van der Waals surface area contributed by atoms with Gasteiger partial charge in [0.1, 0.15) is 0 Å². The molecule has 0 saturated heterocycles. The average Bonchev–Trinajstić information content (AvgIpc) is 2.77. The van der Waals surface area contributed by atoms with Gasteiger partial charge in [0, 0.05) is 17.6 Å². The molecule has 0 spiro atoms. The van der Waals surface area contributed by atoms with Gasteiger partial charge in [-0.05, 0) is 41.9 Å². The fraction of sp³-hybridized carbons (Fsp3) is 0.471. The lowest BCUT2D eigenvalue weighted by Gasteiger charge is -2.32. The zero-order chi connectivity index (χ0) is 13.5. The first-order valence-corrected chi connectivity index (χ1v) is 7.19. The first-order valence-electron chi connectivity index (χ1n) is 7.19. The van der Waals surface area contributed by atoms with E-state index in [4.69, 9.17) is 5.73 Å². The van der Waals surface area contributed by atoms with Crippen molar-refractivity contribution in [3.8, 4) is 0 Å². The minimum atomic E-state index is 0.116. The molecule has 1 aliphatic rings. The minimum absolute atomic E-state index is 0.116. The molecule has 1 aromatic carbocycles. The van der Waals surface area contributed by atoms with E-state index in [-0.39, 0.29) is 6.04 Å². The predicted octanol–water partition coefficient (Wildman–Crippen LogP) is 4.06. The van der Waals surface area contributed by atoms with Crippen molar-refractivity contribution in [3.63, 3.8) is 0 Å². The lowest BCUT2D eigenvalue weighted by molar-refractivity contribution is 0.223. The number of rotatable bonds is 2. The topological polar surface area (TPSA) is 38.9 Å². The summed E-state index contributed by atoms with van der Waals surface area (Å²) in [7, 11) is 0. The Hall–Kier alpha value is -1.41. The maximum atomic E-state index is 6.61. The highest BCUT2D eigenvalue weighted by Crippen LogP contribution is 2.48. The minimum Gasteiger partial charge on any atom is -0.324 e. The summed E-state index contributed by atoms with van der Waals surface area (Å²) in [5, 5.41) is 1.21. The van der Waals surface area contributed by atoms with Crippen LogP contribution in [-0.2, 0) is 0 Å². The molecule has 2 aromatic rings. The molecule has 2 heteroatoms. The van der Waals surface area contributed by atoms with Crippen molar-refractivity contribution in [2.24, 2.45) is 17.1 Å². The Morgan fingerprint density at radius 2 is 2.11 bits per heavy atom. The number of aromatic nitrogens is 1. The van der Waals surface area contributed by atoms with E-state index in [1.807, 2.05) is 12.3 Å². The molecule has 2 atom stereocenters. The highest BCUT2D eigenvalue weighted by atomic mass is 14.7. The van der Waals surface area contributed by atoms with Gasteiger partial charge in [-0.15, -0.1) is 0 Å². The molecule has 0 bridgehead atoms. The molecule has 3 rings (SSSR count). The Morgan fingerprint density at radius 3 is 2.84 bits per heavy atom. The summed E-state index contributed by atoms with van der Waals surface area (Å²) in [6.07, 6.45) is 5.67. The third kappa shape index (κ3) is 2.14. The van der Waals surface area contributed by atoms with Gasteiger partial charge < -0.3 is 5.73 Å². The van der Waals surface area contributed by atoms with Gasteiger partial charge in [0.15, 0.2) is 0 Å². The van der Waals surface area contributed by atoms with Gasteiger partial charge in [-0.2, -0.15) is 0 Å². The van der Waals surface area contributed by atoms with Crippen LogP contribution in [0.25, 0.3) is 10.9 Å². The number of nitrogens with zero attached hydrogens (tertiary/aromatic N) is 1. The number of pyridine rings is 1. The zero-order valence-electron chi connectivity index (χ0n) is 11.8. The van der Waals surface area contributed by atoms with Gasteiger partial charge in [-0.25, -0.2) is 0 Å². The Kier molecular flexibility index (Phi) is 3.06. The van der Waals surface area contributed by atoms with Crippen LogP contribution in [-0.4, -0.2) is 4.98 Å². The second-order valence-corrected chi connectivity index (χ2v) is 6.43. The summed E-state index contributed by atoms with van der Waals surface area (Å²) in [5.41, 5.74) is 9.27. The number of fused-ring (bicyclic) bond motifs is 1. The third-order valence-corrected chi connectivity index (χ3v) is 4.81. The summed E-state index contributed by atoms with van der Waals surface area (Å²) in [6, 6.07) is 10.6. The van der Waals surface area contributed by atoms with E-state index in [9.17, 15) is 0 Å². The van der Waals surface area contributed by atoms with Crippen LogP contribution in [0, 0.1) is 11.3 Å². The van der Waals surface area contributed by atoms with E-state index in [1.165, 1.54) is 30.2 Å². The van der Waals surface area contributed by atoms with Crippen molar-refractivity contribution in [1.29, 1.82) is 0 Å². The highest BCUT2D eigenvalue weighted by molar-refractivity contribution is 5.82. The van der Waals surface area contributed by atoms with Gasteiger partial charge >= 0.3 is 0 Å². The Bertz CT molecular complexity index is 583. The Labute approximate surface area is 115 Å². The number of nitrogens with two attached hydrogens (primary N) is 1. The Morgan fingerprint density at radius 1 is 1.26 bits per heavy atom. The third-order valence-electron chi connectivity index (χ3n) is 4.81. The van der Waals surface area contributed by atoms with E-state index in [0.29, 0.717) is 11.3 Å². The molecule has 19 heavy (non-hydrogen) atoms. The predicted molar refractivity (Wildman–Crippen MR) is 79.8 cm³/mol. The summed E-state index contributed by atoms with van der Waals surface area (Å²) >= 11 is 0. The van der Waals surface area contributed by atoms with Crippen molar-refractivity contribution in [2.75, 3.05) is 0 Å². The molecule has 1 saturated carbocycles. The molecule has 1 aliphatic carbocycles. The molecule has 0 radical (unpaired) electrons. The SMILES string of the molecule is CC1(C)CCCC1C(N)c1cccc2ncccc12. The molecule has 2 N–H and O–H groups in total. The van der Waals surface area contributed by atoms with E-state index in [0.717, 1.165) is 5.52 Å². The highest BCUT2D eigenvalue weighted by Gasteiger charge is 2.38. The Balaban J connectivity index is 2.04. The number of hydrogen-bond acceptors (Lipinski definition) is 2. The van der Waals surface area contributed by atoms with Crippen LogP contribution in [0.5, 0.6) is 0 Å². The van der Waals surface area contributed by atoms with Gasteiger partial charge in [-0.3, -0.25) is 4.98 Å². The maximum absolute atomic E-state index is 6.61. The summed E-state index contributed by atoms with van der Waals surface area (Å²) in [6.45, 7) is 4.71. The van der Waals surface area contributed by atoms with Crippen LogP contribution >= 0.6 is 0 Å². The molecule has 0 amide bonds. The maximum Gasteiger partial charge on any atom is 0.0705 e. The van der Waals surface area contributed by atoms with Gasteiger partial charge in [-0.1, -0.05) is 38.5 Å². The molecule has 100 valence electrons. The fourth-order valence-electron chi connectivity index (χ4n) is 3.65. The van der Waals surface area contributed by atoms with E-state index in [2.05, 4.69) is 43.1 Å². The zero-order valence-corrected chi connectivity index (χ0v) is 11.8. The molecule has 1 fully saturated rings. The molecule has 2 unspecified atom stereocenters. The smallest absolute Gasteiger partial charge is 0.0705 e. The van der Waals surface area contributed by atoms with Crippen molar-refractivity contribution >= 4 is 10.9 Å². The first kappa shape index (κ1) is 12.6. The van der Waals surface area contributed by atoms with Gasteiger partial charge in [0.2, 0.25) is 0 Å². The van der Waals surface area contributed by atoms with Gasteiger partial charge in [0.25, 0.3) is 0 Å². The molecule has 2 nitrogen and oxygen atoms in total. The van der Waals surface area contributed by atoms with Crippen LogP contribution in [0.3, 0.4) is 0 Å².